The first-order valence-electron chi connectivity index (χ1n) is 4.92. The molecule has 0 aliphatic rings. The van der Waals surface area contributed by atoms with Crippen LogP contribution in [-0.4, -0.2) is 30.0 Å². The molecule has 0 saturated heterocycles. The number of nitrogens with zero attached hydrogens (tertiary/aromatic N) is 3. The van der Waals surface area contributed by atoms with Crippen molar-refractivity contribution >= 4 is 5.82 Å². The lowest BCUT2D eigenvalue weighted by Gasteiger charge is -2.05. The molecule has 0 aliphatic heterocycles. The van der Waals surface area contributed by atoms with Crippen LogP contribution in [0.3, 0.4) is 0 Å². The van der Waals surface area contributed by atoms with E-state index in [1.807, 2.05) is 6.92 Å². The number of nitriles is 1. The van der Waals surface area contributed by atoms with Gasteiger partial charge in [-0.2, -0.15) is 10.4 Å². The minimum Gasteiger partial charge on any atom is -0.382 e. The molecule has 1 heterocycles. The van der Waals surface area contributed by atoms with Crippen LogP contribution < -0.4 is 5.32 Å². The molecule has 0 atom stereocenters. The molecular weight excluding hydrogens is 192 g/mol. The van der Waals surface area contributed by atoms with E-state index in [2.05, 4.69) is 21.6 Å². The Morgan fingerprint density at radius 1 is 1.60 bits per heavy atom. The Labute approximate surface area is 89.1 Å². The number of aromatic nitrogens is 2. The van der Waals surface area contributed by atoms with Gasteiger partial charge in [-0.25, -0.2) is 0 Å². The molecule has 0 bridgehead atoms. The van der Waals surface area contributed by atoms with Gasteiger partial charge < -0.3 is 10.1 Å². The van der Waals surface area contributed by atoms with E-state index in [1.54, 1.807) is 6.07 Å². The monoisotopic (exact) mass is 206 g/mol. The SMILES string of the molecule is CCOCCCNc1nnccc1C#N. The summed E-state index contributed by atoms with van der Waals surface area (Å²) in [5, 5.41) is 19.4. The normalized spacial score (nSPS) is 9.60. The Morgan fingerprint density at radius 2 is 2.47 bits per heavy atom. The summed E-state index contributed by atoms with van der Waals surface area (Å²) < 4.78 is 5.19. The van der Waals surface area contributed by atoms with E-state index >= 15 is 0 Å². The van der Waals surface area contributed by atoms with Crippen molar-refractivity contribution in [1.82, 2.24) is 10.2 Å². The molecule has 0 aromatic carbocycles. The highest BCUT2D eigenvalue weighted by molar-refractivity contribution is 5.49. The Kier molecular flexibility index (Phi) is 5.12. The molecule has 0 aliphatic carbocycles. The Morgan fingerprint density at radius 3 is 3.20 bits per heavy atom. The summed E-state index contributed by atoms with van der Waals surface area (Å²) in [6.45, 7) is 4.14. The molecule has 1 rings (SSSR count). The van der Waals surface area contributed by atoms with Gasteiger partial charge in [0.15, 0.2) is 5.82 Å². The minimum absolute atomic E-state index is 0.515. The van der Waals surface area contributed by atoms with Crippen LogP contribution in [0.25, 0.3) is 0 Å². The fourth-order valence-corrected chi connectivity index (χ4v) is 1.08. The van der Waals surface area contributed by atoms with E-state index < -0.39 is 0 Å². The highest BCUT2D eigenvalue weighted by Gasteiger charge is 2.01. The molecule has 5 heteroatoms. The van der Waals surface area contributed by atoms with E-state index in [9.17, 15) is 0 Å². The van der Waals surface area contributed by atoms with E-state index in [1.165, 1.54) is 6.20 Å². The number of rotatable bonds is 6. The van der Waals surface area contributed by atoms with Crippen LogP contribution in [0.2, 0.25) is 0 Å². The van der Waals surface area contributed by atoms with Gasteiger partial charge in [0.2, 0.25) is 0 Å². The number of hydrogen-bond acceptors (Lipinski definition) is 5. The highest BCUT2D eigenvalue weighted by Crippen LogP contribution is 2.07. The molecule has 15 heavy (non-hydrogen) atoms. The van der Waals surface area contributed by atoms with E-state index in [0.717, 1.165) is 19.6 Å². The summed E-state index contributed by atoms with van der Waals surface area (Å²) in [6, 6.07) is 3.69. The van der Waals surface area contributed by atoms with Gasteiger partial charge in [-0.3, -0.25) is 0 Å². The summed E-state index contributed by atoms with van der Waals surface area (Å²) in [6.07, 6.45) is 2.39. The third-order valence-corrected chi connectivity index (χ3v) is 1.80. The van der Waals surface area contributed by atoms with Gasteiger partial charge in [0.05, 0.1) is 11.8 Å². The van der Waals surface area contributed by atoms with Gasteiger partial charge in [0.1, 0.15) is 6.07 Å². The predicted molar refractivity (Wildman–Crippen MR) is 56.3 cm³/mol. The first-order valence-corrected chi connectivity index (χ1v) is 4.92. The topological polar surface area (TPSA) is 70.8 Å². The van der Waals surface area contributed by atoms with Crippen LogP contribution in [0.4, 0.5) is 5.82 Å². The predicted octanol–water partition coefficient (Wildman–Crippen LogP) is 1.19. The van der Waals surface area contributed by atoms with Crippen LogP contribution in [0.5, 0.6) is 0 Å². The highest BCUT2D eigenvalue weighted by atomic mass is 16.5. The Hall–Kier alpha value is -1.67. The van der Waals surface area contributed by atoms with E-state index in [0.29, 0.717) is 18.0 Å². The molecule has 1 aromatic heterocycles. The van der Waals surface area contributed by atoms with Crippen molar-refractivity contribution in [2.24, 2.45) is 0 Å². The first kappa shape index (κ1) is 11.4. The minimum atomic E-state index is 0.515. The van der Waals surface area contributed by atoms with Crippen molar-refractivity contribution in [2.45, 2.75) is 13.3 Å². The molecular formula is C10H14N4O. The third kappa shape index (κ3) is 3.92. The second-order valence-corrected chi connectivity index (χ2v) is 2.88. The van der Waals surface area contributed by atoms with Crippen molar-refractivity contribution in [1.29, 1.82) is 5.26 Å². The van der Waals surface area contributed by atoms with Crippen LogP contribution in [-0.2, 0) is 4.74 Å². The maximum absolute atomic E-state index is 8.78. The summed E-state index contributed by atoms with van der Waals surface area (Å²) in [5.74, 6) is 0.538. The van der Waals surface area contributed by atoms with Crippen molar-refractivity contribution in [2.75, 3.05) is 25.1 Å². The van der Waals surface area contributed by atoms with Crippen LogP contribution in [0.1, 0.15) is 18.9 Å². The smallest absolute Gasteiger partial charge is 0.166 e. The lowest BCUT2D eigenvalue weighted by Crippen LogP contribution is -2.08. The standard InChI is InChI=1S/C10H14N4O/c1-2-15-7-3-5-12-10-9(8-11)4-6-13-14-10/h4,6H,2-3,5,7H2,1H3,(H,12,14). The number of nitrogens with one attached hydrogen (secondary N) is 1. The fourth-order valence-electron chi connectivity index (χ4n) is 1.08. The molecule has 0 spiro atoms. The van der Waals surface area contributed by atoms with Crippen LogP contribution in [0, 0.1) is 11.3 Å². The lowest BCUT2D eigenvalue weighted by molar-refractivity contribution is 0.147. The van der Waals surface area contributed by atoms with Gasteiger partial charge in [0.25, 0.3) is 0 Å². The van der Waals surface area contributed by atoms with Crippen molar-refractivity contribution in [3.05, 3.63) is 17.8 Å². The maximum Gasteiger partial charge on any atom is 0.166 e. The summed E-state index contributed by atoms with van der Waals surface area (Å²) in [5.41, 5.74) is 0.515. The van der Waals surface area contributed by atoms with Gasteiger partial charge in [-0.15, -0.1) is 5.10 Å². The van der Waals surface area contributed by atoms with Crippen molar-refractivity contribution < 1.29 is 4.74 Å². The second kappa shape index (κ2) is 6.74. The zero-order valence-corrected chi connectivity index (χ0v) is 8.73. The molecule has 1 N–H and O–H groups in total. The van der Waals surface area contributed by atoms with E-state index in [-0.39, 0.29) is 0 Å². The average Bonchev–Trinajstić information content (AvgIpc) is 2.29. The molecule has 0 fully saturated rings. The van der Waals surface area contributed by atoms with Crippen LogP contribution in [0.15, 0.2) is 12.3 Å². The lowest BCUT2D eigenvalue weighted by atomic mass is 10.3. The van der Waals surface area contributed by atoms with Gasteiger partial charge in [-0.05, 0) is 19.4 Å². The average molecular weight is 206 g/mol. The van der Waals surface area contributed by atoms with Crippen molar-refractivity contribution in [3.63, 3.8) is 0 Å². The Bertz CT molecular complexity index is 334. The van der Waals surface area contributed by atoms with Gasteiger partial charge >= 0.3 is 0 Å². The second-order valence-electron chi connectivity index (χ2n) is 2.88. The van der Waals surface area contributed by atoms with Gasteiger partial charge in [-0.1, -0.05) is 0 Å². The number of ether oxygens (including phenoxy) is 1. The maximum atomic E-state index is 8.78. The zero-order chi connectivity index (χ0) is 10.9. The fraction of sp³-hybridized carbons (Fsp3) is 0.500. The summed E-state index contributed by atoms with van der Waals surface area (Å²) in [4.78, 5) is 0. The molecule has 0 amide bonds. The molecule has 1 aromatic rings. The molecule has 5 nitrogen and oxygen atoms in total. The summed E-state index contributed by atoms with van der Waals surface area (Å²) in [7, 11) is 0. The molecule has 80 valence electrons. The van der Waals surface area contributed by atoms with Crippen LogP contribution >= 0.6 is 0 Å². The largest absolute Gasteiger partial charge is 0.382 e. The van der Waals surface area contributed by atoms with Gasteiger partial charge in [0, 0.05) is 19.8 Å². The molecule has 0 unspecified atom stereocenters. The number of hydrogen-bond donors (Lipinski definition) is 1. The zero-order valence-electron chi connectivity index (χ0n) is 8.73. The summed E-state index contributed by atoms with van der Waals surface area (Å²) >= 11 is 0. The quantitative estimate of drug-likeness (QED) is 0.708. The Balaban J connectivity index is 2.34. The molecule has 0 radical (unpaired) electrons. The molecule has 0 saturated carbocycles. The van der Waals surface area contributed by atoms with E-state index in [4.69, 9.17) is 10.00 Å². The third-order valence-electron chi connectivity index (χ3n) is 1.80. The first-order chi connectivity index (χ1) is 7.38. The number of anilines is 1. The van der Waals surface area contributed by atoms with Crippen molar-refractivity contribution in [3.8, 4) is 6.07 Å².